The molecule has 4 nitrogen and oxygen atoms in total. The summed E-state index contributed by atoms with van der Waals surface area (Å²) in [6.07, 6.45) is 3.38. The molecule has 1 aromatic heterocycles. The molecule has 1 heterocycles. The van der Waals surface area contributed by atoms with Crippen LogP contribution in [0.4, 0.5) is 0 Å². The van der Waals surface area contributed by atoms with Crippen molar-refractivity contribution in [3.8, 4) is 5.75 Å². The molecule has 12 heavy (non-hydrogen) atoms. The van der Waals surface area contributed by atoms with Gasteiger partial charge < -0.3 is 14.6 Å². The maximum atomic E-state index is 8.24. The molecule has 0 radical (unpaired) electrons. The van der Waals surface area contributed by atoms with Crippen LogP contribution in [0.2, 0.25) is 0 Å². The second-order valence-electron chi connectivity index (χ2n) is 1.48. The molecule has 5 heteroatoms. The monoisotopic (exact) mass is 218 g/mol. The van der Waals surface area contributed by atoms with Crippen LogP contribution in [0, 0.1) is 0 Å². The Bertz CT molecular complexity index is 193. The number of hydrogen-bond acceptors (Lipinski definition) is 3. The van der Waals surface area contributed by atoms with Gasteiger partial charge in [-0.25, -0.2) is 0 Å². The summed E-state index contributed by atoms with van der Waals surface area (Å²) in [6.45, 7) is 0.500. The molecule has 0 spiro atoms. The first-order valence-corrected chi connectivity index (χ1v) is 2.80. The molecule has 1 rings (SSSR count). The predicted octanol–water partition coefficient (Wildman–Crippen LogP) is 0.699. The van der Waals surface area contributed by atoms with Gasteiger partial charge in [-0.3, -0.25) is 4.98 Å². The summed E-state index contributed by atoms with van der Waals surface area (Å²) >= 11 is 0. The maximum absolute atomic E-state index is 8.24. The number of aliphatic hydroxyl groups excluding tert-OH is 1. The third-order valence-corrected chi connectivity index (χ3v) is 0.870. The smallest absolute Gasteiger partial charge is 0.137 e. The van der Waals surface area contributed by atoms with Crippen LogP contribution in [0.25, 0.3) is 0 Å². The third kappa shape index (κ3) is 7.15. The number of ether oxygens (including phenoxy) is 1. The molecule has 0 unspecified atom stereocenters. The van der Waals surface area contributed by atoms with Gasteiger partial charge in [0.2, 0.25) is 0 Å². The van der Waals surface area contributed by atoms with Crippen molar-refractivity contribution in [1.29, 1.82) is 0 Å². The standard InChI is InChI=1S/C6H7NO.CHO2.Zn/c1-8-6-3-2-4-7-5-6;2-1-3;/h2-5H,1H3;(H,2,3);/q;-1;. The Morgan fingerprint density at radius 2 is 2.25 bits per heavy atom. The van der Waals surface area contributed by atoms with Gasteiger partial charge >= 0.3 is 0 Å². The average molecular weight is 220 g/mol. The largest absolute Gasteiger partial charge is 0.665 e. The summed E-state index contributed by atoms with van der Waals surface area (Å²) < 4.78 is 4.85. The first kappa shape index (κ1) is 13.6. The molecule has 62 valence electrons. The number of rotatable bonds is 1. The molecule has 0 saturated heterocycles. The fourth-order valence-corrected chi connectivity index (χ4v) is 0.468. The summed E-state index contributed by atoms with van der Waals surface area (Å²) in [4.78, 5) is 12.1. The van der Waals surface area contributed by atoms with E-state index in [1.807, 2.05) is 12.1 Å². The quantitative estimate of drug-likeness (QED) is 0.558. The minimum Gasteiger partial charge on any atom is -0.665 e. The molecule has 0 fully saturated rings. The van der Waals surface area contributed by atoms with Crippen LogP contribution in [0.3, 0.4) is 0 Å². The molecule has 0 aliphatic heterocycles. The molecule has 1 aromatic rings. The summed E-state index contributed by atoms with van der Waals surface area (Å²) in [5.41, 5.74) is 0. The number of nitrogens with zero attached hydrogens (tertiary/aromatic N) is 1. The van der Waals surface area contributed by atoms with Crippen molar-refractivity contribution in [3.63, 3.8) is 0 Å². The second kappa shape index (κ2) is 10.0. The van der Waals surface area contributed by atoms with Gasteiger partial charge in [0.15, 0.2) is 0 Å². The molecule has 0 atom stereocenters. The first-order chi connectivity index (χ1) is 5.35. The minimum atomic E-state index is 0. The van der Waals surface area contributed by atoms with Crippen LogP contribution in [-0.4, -0.2) is 23.7 Å². The van der Waals surface area contributed by atoms with Crippen LogP contribution in [0.1, 0.15) is 0 Å². The van der Waals surface area contributed by atoms with E-state index >= 15 is 0 Å². The van der Waals surface area contributed by atoms with E-state index < -0.39 is 0 Å². The van der Waals surface area contributed by atoms with Crippen LogP contribution in [-0.2, 0) is 24.3 Å². The van der Waals surface area contributed by atoms with E-state index in [2.05, 4.69) is 4.98 Å². The van der Waals surface area contributed by atoms with E-state index in [9.17, 15) is 0 Å². The molecule has 1 N–H and O–H groups in total. The predicted molar refractivity (Wildman–Crippen MR) is 39.1 cm³/mol. The average Bonchev–Trinajstić information content (AvgIpc) is 2.08. The minimum absolute atomic E-state index is 0. The number of methoxy groups -OCH3 is 1. The first-order valence-electron chi connectivity index (χ1n) is 2.80. The Balaban J connectivity index is 0. The van der Waals surface area contributed by atoms with Gasteiger partial charge in [0.05, 0.1) is 13.3 Å². The zero-order valence-corrected chi connectivity index (χ0v) is 9.69. The van der Waals surface area contributed by atoms with Crippen molar-refractivity contribution >= 4 is 6.47 Å². The van der Waals surface area contributed by atoms with Crippen LogP contribution < -0.4 is 4.74 Å². The molecule has 0 amide bonds. The second-order valence-corrected chi connectivity index (χ2v) is 1.48. The Hall–Kier alpha value is -0.957. The van der Waals surface area contributed by atoms with Crippen molar-refractivity contribution in [1.82, 2.24) is 4.98 Å². The summed E-state index contributed by atoms with van der Waals surface area (Å²) in [5, 5.41) is 6.76. The molecule has 0 aromatic carbocycles. The zero-order chi connectivity index (χ0) is 8.53. The van der Waals surface area contributed by atoms with Gasteiger partial charge in [-0.2, -0.15) is 0 Å². The van der Waals surface area contributed by atoms with Gasteiger partial charge in [0.1, 0.15) is 5.75 Å². The van der Waals surface area contributed by atoms with Gasteiger partial charge in [0.25, 0.3) is 0 Å². The van der Waals surface area contributed by atoms with E-state index in [0.717, 1.165) is 5.75 Å². The van der Waals surface area contributed by atoms with Crippen molar-refractivity contribution in [2.24, 2.45) is 0 Å². The molecule has 0 aliphatic rings. The SMILES string of the molecule is COc1cccnc1.O=[C-]O.[Zn]. The van der Waals surface area contributed by atoms with Gasteiger partial charge in [-0.05, 0) is 12.1 Å². The Labute approximate surface area is 83.3 Å². The Morgan fingerprint density at radius 3 is 2.50 bits per heavy atom. The summed E-state index contributed by atoms with van der Waals surface area (Å²) in [6, 6.07) is 3.69. The van der Waals surface area contributed by atoms with E-state index in [-0.39, 0.29) is 19.5 Å². The maximum Gasteiger partial charge on any atom is 0.137 e. The van der Waals surface area contributed by atoms with E-state index in [0.29, 0.717) is 6.47 Å². The molecule has 0 saturated carbocycles. The molecular weight excluding hydrogens is 211 g/mol. The van der Waals surface area contributed by atoms with E-state index in [1.54, 1.807) is 19.5 Å². The zero-order valence-electron chi connectivity index (χ0n) is 6.73. The number of pyridine rings is 1. The topological polar surface area (TPSA) is 59.4 Å². The molecule has 0 bridgehead atoms. The normalized spacial score (nSPS) is 6.75. The Morgan fingerprint density at radius 1 is 1.67 bits per heavy atom. The molecule has 0 aliphatic carbocycles. The Kier molecular flexibility index (Phi) is 11.4. The van der Waals surface area contributed by atoms with Gasteiger partial charge in [-0.1, -0.05) is 6.47 Å². The fraction of sp³-hybridized carbons (Fsp3) is 0.143. The summed E-state index contributed by atoms with van der Waals surface area (Å²) in [5.74, 6) is 0.799. The van der Waals surface area contributed by atoms with Crippen molar-refractivity contribution in [3.05, 3.63) is 24.5 Å². The van der Waals surface area contributed by atoms with Crippen molar-refractivity contribution < 1.29 is 34.1 Å². The van der Waals surface area contributed by atoms with Gasteiger partial charge in [0, 0.05) is 25.7 Å². The van der Waals surface area contributed by atoms with E-state index in [1.165, 1.54) is 0 Å². The van der Waals surface area contributed by atoms with Crippen LogP contribution >= 0.6 is 0 Å². The number of hydrogen-bond donors (Lipinski definition) is 1. The van der Waals surface area contributed by atoms with Gasteiger partial charge in [-0.15, -0.1) is 0 Å². The van der Waals surface area contributed by atoms with Crippen LogP contribution in [0.5, 0.6) is 5.75 Å². The third-order valence-electron chi connectivity index (χ3n) is 0.870. The van der Waals surface area contributed by atoms with Crippen molar-refractivity contribution in [2.75, 3.05) is 7.11 Å². The fourth-order valence-electron chi connectivity index (χ4n) is 0.468. The molecular formula is C7H8NO3Zn-. The van der Waals surface area contributed by atoms with Crippen molar-refractivity contribution in [2.45, 2.75) is 0 Å². The number of aromatic nitrogens is 1. The van der Waals surface area contributed by atoms with Crippen LogP contribution in [0.15, 0.2) is 24.5 Å². The van der Waals surface area contributed by atoms with E-state index in [4.69, 9.17) is 14.6 Å². The summed E-state index contributed by atoms with van der Waals surface area (Å²) in [7, 11) is 1.62.